The predicted molar refractivity (Wildman–Crippen MR) is 66.7 cm³/mol. The lowest BCUT2D eigenvalue weighted by atomic mass is 9.77. The SMILES string of the molecule is COC1(CC(=O)NCC(O)CC(C)C)CCC1. The fraction of sp³-hybridized carbons (Fsp3) is 0.923. The van der Waals surface area contributed by atoms with E-state index >= 15 is 0 Å². The number of methoxy groups -OCH3 is 1. The highest BCUT2D eigenvalue weighted by molar-refractivity contribution is 5.77. The Balaban J connectivity index is 2.21. The second kappa shape index (κ2) is 6.36. The summed E-state index contributed by atoms with van der Waals surface area (Å²) in [5.41, 5.74) is -0.229. The summed E-state index contributed by atoms with van der Waals surface area (Å²) in [6, 6.07) is 0. The van der Waals surface area contributed by atoms with Crippen LogP contribution in [0.3, 0.4) is 0 Å². The third-order valence-corrected chi connectivity index (χ3v) is 3.46. The van der Waals surface area contributed by atoms with Gasteiger partial charge in [0.15, 0.2) is 0 Å². The van der Waals surface area contributed by atoms with Crippen molar-refractivity contribution in [1.29, 1.82) is 0 Å². The van der Waals surface area contributed by atoms with Crippen LogP contribution < -0.4 is 5.32 Å². The van der Waals surface area contributed by atoms with Gasteiger partial charge in [-0.2, -0.15) is 0 Å². The number of hydrogen-bond donors (Lipinski definition) is 2. The van der Waals surface area contributed by atoms with Gasteiger partial charge in [0.05, 0.1) is 18.1 Å². The van der Waals surface area contributed by atoms with Gasteiger partial charge in [0.1, 0.15) is 0 Å². The van der Waals surface area contributed by atoms with Crippen molar-refractivity contribution in [3.8, 4) is 0 Å². The normalized spacial score (nSPS) is 19.8. The zero-order valence-corrected chi connectivity index (χ0v) is 11.2. The Morgan fingerprint density at radius 1 is 1.47 bits per heavy atom. The third kappa shape index (κ3) is 4.64. The first-order valence-corrected chi connectivity index (χ1v) is 6.47. The predicted octanol–water partition coefficient (Wildman–Crippen LogP) is 1.47. The number of ether oxygens (including phenoxy) is 1. The first kappa shape index (κ1) is 14.5. The molecule has 0 aromatic heterocycles. The number of amides is 1. The number of aliphatic hydroxyl groups is 1. The molecule has 2 N–H and O–H groups in total. The molecule has 0 saturated heterocycles. The van der Waals surface area contributed by atoms with Crippen LogP contribution in [0.15, 0.2) is 0 Å². The van der Waals surface area contributed by atoms with Crippen LogP contribution in [0.5, 0.6) is 0 Å². The summed E-state index contributed by atoms with van der Waals surface area (Å²) >= 11 is 0. The van der Waals surface area contributed by atoms with Gasteiger partial charge in [0.25, 0.3) is 0 Å². The van der Waals surface area contributed by atoms with Crippen LogP contribution in [-0.4, -0.2) is 36.4 Å². The van der Waals surface area contributed by atoms with E-state index in [0.717, 1.165) is 25.7 Å². The minimum atomic E-state index is -0.446. The quantitative estimate of drug-likeness (QED) is 0.712. The highest BCUT2D eigenvalue weighted by atomic mass is 16.5. The lowest BCUT2D eigenvalue weighted by molar-refractivity contribution is -0.134. The van der Waals surface area contributed by atoms with E-state index in [9.17, 15) is 9.90 Å². The van der Waals surface area contributed by atoms with Crippen LogP contribution in [0.25, 0.3) is 0 Å². The molecule has 1 unspecified atom stereocenters. The maximum absolute atomic E-state index is 11.7. The number of carbonyl (C=O) groups is 1. The zero-order valence-electron chi connectivity index (χ0n) is 11.2. The van der Waals surface area contributed by atoms with Crippen molar-refractivity contribution in [1.82, 2.24) is 5.32 Å². The lowest BCUT2D eigenvalue weighted by Gasteiger charge is -2.39. The standard InChI is InChI=1S/C13H25NO3/c1-10(2)7-11(15)9-14-12(16)8-13(17-3)5-4-6-13/h10-11,15H,4-9H2,1-3H3,(H,14,16). The Morgan fingerprint density at radius 3 is 2.53 bits per heavy atom. The van der Waals surface area contributed by atoms with Crippen molar-refractivity contribution in [2.24, 2.45) is 5.92 Å². The molecule has 0 aliphatic heterocycles. The highest BCUT2D eigenvalue weighted by Gasteiger charge is 2.38. The summed E-state index contributed by atoms with van der Waals surface area (Å²) < 4.78 is 5.39. The van der Waals surface area contributed by atoms with Crippen molar-refractivity contribution in [3.63, 3.8) is 0 Å². The number of hydrogen-bond acceptors (Lipinski definition) is 3. The van der Waals surface area contributed by atoms with Gasteiger partial charge in [-0.1, -0.05) is 13.8 Å². The Morgan fingerprint density at radius 2 is 2.12 bits per heavy atom. The maximum atomic E-state index is 11.7. The molecule has 1 saturated carbocycles. The molecule has 4 nitrogen and oxygen atoms in total. The summed E-state index contributed by atoms with van der Waals surface area (Å²) in [7, 11) is 1.67. The average Bonchev–Trinajstić information content (AvgIpc) is 2.19. The van der Waals surface area contributed by atoms with E-state index in [-0.39, 0.29) is 11.5 Å². The molecule has 0 aromatic carbocycles. The fourth-order valence-electron chi connectivity index (χ4n) is 2.24. The van der Waals surface area contributed by atoms with Gasteiger partial charge < -0.3 is 15.2 Å². The molecule has 1 rings (SSSR count). The van der Waals surface area contributed by atoms with Crippen LogP contribution in [0.2, 0.25) is 0 Å². The van der Waals surface area contributed by atoms with Crippen LogP contribution in [0.4, 0.5) is 0 Å². The second-order valence-corrected chi connectivity index (χ2v) is 5.50. The Labute approximate surface area is 104 Å². The molecule has 1 aliphatic carbocycles. The molecular formula is C13H25NO3. The van der Waals surface area contributed by atoms with Crippen LogP contribution in [-0.2, 0) is 9.53 Å². The Bertz CT molecular complexity index is 244. The van der Waals surface area contributed by atoms with E-state index in [1.54, 1.807) is 7.11 Å². The largest absolute Gasteiger partial charge is 0.391 e. The molecule has 100 valence electrons. The van der Waals surface area contributed by atoms with Gasteiger partial charge in [-0.15, -0.1) is 0 Å². The molecule has 17 heavy (non-hydrogen) atoms. The van der Waals surface area contributed by atoms with Gasteiger partial charge in [0, 0.05) is 13.7 Å². The summed E-state index contributed by atoms with van der Waals surface area (Å²) in [6.07, 6.45) is 3.75. The molecule has 0 radical (unpaired) electrons. The van der Waals surface area contributed by atoms with Gasteiger partial charge in [-0.05, 0) is 31.6 Å². The number of aliphatic hydroxyl groups excluding tert-OH is 1. The number of rotatable bonds is 7. The first-order valence-electron chi connectivity index (χ1n) is 6.47. The van der Waals surface area contributed by atoms with E-state index in [4.69, 9.17) is 4.74 Å². The second-order valence-electron chi connectivity index (χ2n) is 5.50. The van der Waals surface area contributed by atoms with E-state index in [2.05, 4.69) is 19.2 Å². The maximum Gasteiger partial charge on any atom is 0.222 e. The van der Waals surface area contributed by atoms with E-state index in [1.165, 1.54) is 0 Å². The monoisotopic (exact) mass is 243 g/mol. The van der Waals surface area contributed by atoms with Crippen molar-refractivity contribution in [2.45, 2.75) is 57.7 Å². The van der Waals surface area contributed by atoms with Crippen molar-refractivity contribution in [2.75, 3.05) is 13.7 Å². The van der Waals surface area contributed by atoms with Gasteiger partial charge >= 0.3 is 0 Å². The topological polar surface area (TPSA) is 58.6 Å². The number of nitrogens with one attached hydrogen (secondary N) is 1. The third-order valence-electron chi connectivity index (χ3n) is 3.46. The first-order chi connectivity index (χ1) is 7.97. The fourth-order valence-corrected chi connectivity index (χ4v) is 2.24. The van der Waals surface area contributed by atoms with Crippen LogP contribution >= 0.6 is 0 Å². The molecule has 0 bridgehead atoms. The Kier molecular flexibility index (Phi) is 5.40. The van der Waals surface area contributed by atoms with E-state index in [1.807, 2.05) is 0 Å². The van der Waals surface area contributed by atoms with Crippen molar-refractivity contribution >= 4 is 5.91 Å². The molecule has 1 fully saturated rings. The molecule has 1 amide bonds. The summed E-state index contributed by atoms with van der Waals surface area (Å²) in [4.78, 5) is 11.7. The van der Waals surface area contributed by atoms with Crippen molar-refractivity contribution < 1.29 is 14.6 Å². The summed E-state index contributed by atoms with van der Waals surface area (Å²) in [5.74, 6) is 0.424. The molecular weight excluding hydrogens is 218 g/mol. The number of carbonyl (C=O) groups excluding carboxylic acids is 1. The molecule has 0 spiro atoms. The molecule has 0 heterocycles. The van der Waals surface area contributed by atoms with Gasteiger partial charge in [-0.25, -0.2) is 0 Å². The van der Waals surface area contributed by atoms with E-state index < -0.39 is 6.10 Å². The minimum absolute atomic E-state index is 0.0191. The molecule has 0 aromatic rings. The Hall–Kier alpha value is -0.610. The summed E-state index contributed by atoms with van der Waals surface area (Å²) in [6.45, 7) is 4.45. The minimum Gasteiger partial charge on any atom is -0.391 e. The van der Waals surface area contributed by atoms with Crippen molar-refractivity contribution in [3.05, 3.63) is 0 Å². The van der Waals surface area contributed by atoms with Gasteiger partial charge in [0.2, 0.25) is 5.91 Å². The molecule has 1 aliphatic rings. The average molecular weight is 243 g/mol. The molecule has 4 heteroatoms. The molecule has 1 atom stereocenters. The van der Waals surface area contributed by atoms with Crippen LogP contribution in [0, 0.1) is 5.92 Å². The zero-order chi connectivity index (χ0) is 12.9. The van der Waals surface area contributed by atoms with Crippen LogP contribution in [0.1, 0.15) is 46.0 Å². The highest BCUT2D eigenvalue weighted by Crippen LogP contribution is 2.37. The lowest BCUT2D eigenvalue weighted by Crippen LogP contribution is -2.45. The summed E-state index contributed by atoms with van der Waals surface area (Å²) in [5, 5.41) is 12.4. The van der Waals surface area contributed by atoms with E-state index in [0.29, 0.717) is 18.9 Å². The smallest absolute Gasteiger partial charge is 0.222 e. The van der Waals surface area contributed by atoms with Gasteiger partial charge in [-0.3, -0.25) is 4.79 Å².